The minimum Gasteiger partial charge on any atom is -0.496 e. The maximum atomic E-state index is 11.9. The fourth-order valence-corrected chi connectivity index (χ4v) is 2.37. The molecule has 6 heteroatoms. The number of urea groups is 1. The number of carbonyl (C=O) groups is 2. The van der Waals surface area contributed by atoms with E-state index in [1.54, 1.807) is 7.11 Å². The Hall–Kier alpha value is -3.02. The molecule has 0 aliphatic rings. The Morgan fingerprint density at radius 3 is 2.40 bits per heavy atom. The lowest BCUT2D eigenvalue weighted by atomic mass is 10.1. The van der Waals surface area contributed by atoms with Crippen LogP contribution in [0.15, 0.2) is 48.5 Å². The quantitative estimate of drug-likeness (QED) is 0.724. The van der Waals surface area contributed by atoms with Gasteiger partial charge in [0.2, 0.25) is 5.91 Å². The zero-order valence-corrected chi connectivity index (χ0v) is 14.5. The van der Waals surface area contributed by atoms with Crippen molar-refractivity contribution in [2.24, 2.45) is 0 Å². The molecule has 0 radical (unpaired) electrons. The van der Waals surface area contributed by atoms with Gasteiger partial charge in [-0.3, -0.25) is 4.79 Å². The number of nitrogens with one attached hydrogen (secondary N) is 3. The average molecular weight is 341 g/mol. The van der Waals surface area contributed by atoms with Crippen molar-refractivity contribution in [1.82, 2.24) is 10.6 Å². The Balaban J connectivity index is 1.72. The average Bonchev–Trinajstić information content (AvgIpc) is 2.61. The van der Waals surface area contributed by atoms with E-state index in [-0.39, 0.29) is 11.9 Å². The van der Waals surface area contributed by atoms with Crippen LogP contribution >= 0.6 is 0 Å². The lowest BCUT2D eigenvalue weighted by Gasteiger charge is -2.10. The maximum absolute atomic E-state index is 11.9. The van der Waals surface area contributed by atoms with Crippen molar-refractivity contribution in [1.29, 1.82) is 0 Å². The Morgan fingerprint density at radius 1 is 1.00 bits per heavy atom. The van der Waals surface area contributed by atoms with Crippen molar-refractivity contribution in [3.63, 3.8) is 0 Å². The van der Waals surface area contributed by atoms with Crippen molar-refractivity contribution in [2.75, 3.05) is 19.0 Å². The van der Waals surface area contributed by atoms with Gasteiger partial charge in [0.05, 0.1) is 7.11 Å². The number of rotatable bonds is 7. The molecule has 2 aromatic carbocycles. The van der Waals surface area contributed by atoms with E-state index < -0.39 is 0 Å². The summed E-state index contributed by atoms with van der Waals surface area (Å²) in [6.07, 6.45) is 0.711. The lowest BCUT2D eigenvalue weighted by Crippen LogP contribution is -2.36. The number of para-hydroxylation sites is 1. The zero-order valence-electron chi connectivity index (χ0n) is 14.5. The highest BCUT2D eigenvalue weighted by atomic mass is 16.5. The summed E-state index contributed by atoms with van der Waals surface area (Å²) in [7, 11) is 1.61. The van der Waals surface area contributed by atoms with Gasteiger partial charge < -0.3 is 20.7 Å². The van der Waals surface area contributed by atoms with Crippen LogP contribution in [0.2, 0.25) is 0 Å². The molecule has 2 aromatic rings. The molecule has 0 fully saturated rings. The lowest BCUT2D eigenvalue weighted by molar-refractivity contribution is -0.114. The maximum Gasteiger partial charge on any atom is 0.315 e. The van der Waals surface area contributed by atoms with Gasteiger partial charge in [-0.05, 0) is 30.2 Å². The first-order valence-electron chi connectivity index (χ1n) is 8.08. The minimum absolute atomic E-state index is 0.0962. The molecular weight excluding hydrogens is 318 g/mol. The summed E-state index contributed by atoms with van der Waals surface area (Å²) in [5.74, 6) is 0.656. The Morgan fingerprint density at radius 2 is 1.72 bits per heavy atom. The molecule has 0 aliphatic carbocycles. The van der Waals surface area contributed by atoms with E-state index in [4.69, 9.17) is 4.74 Å². The summed E-state index contributed by atoms with van der Waals surface area (Å²) >= 11 is 0. The number of hydrogen-bond acceptors (Lipinski definition) is 3. The van der Waals surface area contributed by atoms with Gasteiger partial charge in [0.25, 0.3) is 0 Å². The van der Waals surface area contributed by atoms with Crippen LogP contribution in [0.5, 0.6) is 5.75 Å². The number of anilines is 1. The number of carbonyl (C=O) groups excluding carboxylic acids is 2. The molecule has 0 bridgehead atoms. The third kappa shape index (κ3) is 6.18. The van der Waals surface area contributed by atoms with Gasteiger partial charge in [0.15, 0.2) is 0 Å². The first kappa shape index (κ1) is 18.3. The summed E-state index contributed by atoms with van der Waals surface area (Å²) in [5, 5.41) is 8.36. The van der Waals surface area contributed by atoms with Crippen molar-refractivity contribution in [3.8, 4) is 5.75 Å². The van der Waals surface area contributed by atoms with Crippen LogP contribution < -0.4 is 20.7 Å². The van der Waals surface area contributed by atoms with Crippen LogP contribution in [0, 0.1) is 0 Å². The van der Waals surface area contributed by atoms with Gasteiger partial charge in [0, 0.05) is 31.3 Å². The van der Waals surface area contributed by atoms with Crippen molar-refractivity contribution in [3.05, 3.63) is 59.7 Å². The second-order valence-electron chi connectivity index (χ2n) is 5.55. The minimum atomic E-state index is -0.222. The summed E-state index contributed by atoms with van der Waals surface area (Å²) in [4.78, 5) is 22.8. The monoisotopic (exact) mass is 341 g/mol. The molecule has 132 valence electrons. The van der Waals surface area contributed by atoms with Crippen molar-refractivity contribution in [2.45, 2.75) is 19.9 Å². The van der Waals surface area contributed by atoms with Gasteiger partial charge in [-0.15, -0.1) is 0 Å². The molecule has 25 heavy (non-hydrogen) atoms. The van der Waals surface area contributed by atoms with Crippen molar-refractivity contribution < 1.29 is 14.3 Å². The van der Waals surface area contributed by atoms with Crippen LogP contribution in [0.1, 0.15) is 18.1 Å². The molecule has 3 N–H and O–H groups in total. The number of amides is 3. The molecule has 0 saturated carbocycles. The van der Waals surface area contributed by atoms with E-state index in [0.29, 0.717) is 19.5 Å². The molecule has 6 nitrogen and oxygen atoms in total. The number of ether oxygens (including phenoxy) is 1. The van der Waals surface area contributed by atoms with E-state index in [1.807, 2.05) is 48.5 Å². The highest BCUT2D eigenvalue weighted by Crippen LogP contribution is 2.16. The second-order valence-corrected chi connectivity index (χ2v) is 5.55. The van der Waals surface area contributed by atoms with Crippen molar-refractivity contribution >= 4 is 17.6 Å². The van der Waals surface area contributed by atoms with Gasteiger partial charge in [-0.1, -0.05) is 30.3 Å². The SMILES string of the molecule is COc1ccccc1CNC(=O)NCCc1ccc(NC(C)=O)cc1. The molecule has 0 atom stereocenters. The van der Waals surface area contributed by atoms with E-state index >= 15 is 0 Å². The smallest absolute Gasteiger partial charge is 0.315 e. The molecule has 0 aliphatic heterocycles. The molecule has 0 unspecified atom stereocenters. The van der Waals surface area contributed by atoms with Crippen LogP contribution in [-0.2, 0) is 17.8 Å². The summed E-state index contributed by atoms with van der Waals surface area (Å²) < 4.78 is 5.25. The highest BCUT2D eigenvalue weighted by Gasteiger charge is 2.04. The largest absolute Gasteiger partial charge is 0.496 e. The molecular formula is C19H23N3O3. The third-order valence-electron chi connectivity index (χ3n) is 3.61. The Kier molecular flexibility index (Phi) is 6.83. The van der Waals surface area contributed by atoms with Gasteiger partial charge in [-0.2, -0.15) is 0 Å². The van der Waals surface area contributed by atoms with Crippen LogP contribution in [0.25, 0.3) is 0 Å². The first-order valence-corrected chi connectivity index (χ1v) is 8.08. The summed E-state index contributed by atoms with van der Waals surface area (Å²) in [6, 6.07) is 14.9. The third-order valence-corrected chi connectivity index (χ3v) is 3.61. The Bertz CT molecular complexity index is 714. The van der Waals surface area contributed by atoms with E-state index in [2.05, 4.69) is 16.0 Å². The van der Waals surface area contributed by atoms with E-state index in [0.717, 1.165) is 22.6 Å². The van der Waals surface area contributed by atoms with E-state index in [9.17, 15) is 9.59 Å². The highest BCUT2D eigenvalue weighted by molar-refractivity contribution is 5.88. The predicted molar refractivity (Wildman–Crippen MR) is 97.7 cm³/mol. The first-order chi connectivity index (χ1) is 12.1. The predicted octanol–water partition coefficient (Wildman–Crippen LogP) is 2.70. The number of hydrogen-bond donors (Lipinski definition) is 3. The van der Waals surface area contributed by atoms with E-state index in [1.165, 1.54) is 6.92 Å². The number of benzene rings is 2. The van der Waals surface area contributed by atoms with Gasteiger partial charge >= 0.3 is 6.03 Å². The fourth-order valence-electron chi connectivity index (χ4n) is 2.37. The van der Waals surface area contributed by atoms with Gasteiger partial charge in [-0.25, -0.2) is 4.79 Å². The Labute approximate surface area is 147 Å². The summed E-state index contributed by atoms with van der Waals surface area (Å²) in [5.41, 5.74) is 2.77. The zero-order chi connectivity index (χ0) is 18.1. The standard InChI is InChI=1S/C19H23N3O3/c1-14(23)22-17-9-7-15(8-10-17)11-12-20-19(24)21-13-16-5-3-4-6-18(16)25-2/h3-10H,11-13H2,1-2H3,(H,22,23)(H2,20,21,24). The van der Waals surface area contributed by atoms with Crippen LogP contribution in [0.4, 0.5) is 10.5 Å². The summed E-state index contributed by atoms with van der Waals surface area (Å²) in [6.45, 7) is 2.40. The molecule has 0 spiro atoms. The topological polar surface area (TPSA) is 79.5 Å². The normalized spacial score (nSPS) is 10.0. The second kappa shape index (κ2) is 9.32. The fraction of sp³-hybridized carbons (Fsp3) is 0.263. The molecule has 0 saturated heterocycles. The van der Waals surface area contributed by atoms with Crippen LogP contribution in [0.3, 0.4) is 0 Å². The van der Waals surface area contributed by atoms with Gasteiger partial charge in [0.1, 0.15) is 5.75 Å². The molecule has 0 heterocycles. The number of methoxy groups -OCH3 is 1. The van der Waals surface area contributed by atoms with Crippen LogP contribution in [-0.4, -0.2) is 25.6 Å². The molecule has 0 aromatic heterocycles. The molecule has 3 amide bonds. The molecule has 2 rings (SSSR count).